The number of aromatic hydroxyl groups is 1. The molecule has 0 spiro atoms. The molecule has 6 N–H and O–H groups in total. The van der Waals surface area contributed by atoms with Crippen molar-refractivity contribution in [2.75, 3.05) is 40.4 Å². The molecule has 0 unspecified atom stereocenters. The maximum absolute atomic E-state index is 15.8. The van der Waals surface area contributed by atoms with Gasteiger partial charge in [0.05, 0.1) is 24.8 Å². The van der Waals surface area contributed by atoms with Crippen molar-refractivity contribution in [2.45, 2.75) is 31.0 Å². The molecule has 2 fully saturated rings. The summed E-state index contributed by atoms with van der Waals surface area (Å²) in [4.78, 5) is 42.3. The van der Waals surface area contributed by atoms with Gasteiger partial charge < -0.3 is 30.9 Å². The van der Waals surface area contributed by atoms with Crippen molar-refractivity contribution in [1.82, 2.24) is 9.80 Å². The van der Waals surface area contributed by atoms with Crippen LogP contribution in [0.1, 0.15) is 23.1 Å². The molecule has 5 rings (SSSR count). The highest BCUT2D eigenvalue weighted by atomic mass is 35.5. The van der Waals surface area contributed by atoms with Crippen LogP contribution in [0.3, 0.4) is 0 Å². The molecular weight excluding hydrogens is 572 g/mol. The second-order valence-corrected chi connectivity index (χ2v) is 10.6. The number of phenols is 1. The van der Waals surface area contributed by atoms with Gasteiger partial charge in [-0.3, -0.25) is 24.2 Å². The first-order valence-electron chi connectivity index (χ1n) is 12.4. The van der Waals surface area contributed by atoms with Crippen LogP contribution in [0.2, 0.25) is 0 Å². The summed E-state index contributed by atoms with van der Waals surface area (Å²) in [6, 6.07) is 0.00787. The molecule has 1 heterocycles. The number of hydrogen-bond acceptors (Lipinski definition) is 10. The molecule has 1 amide bonds. The van der Waals surface area contributed by atoms with E-state index in [-0.39, 0.29) is 66.5 Å². The van der Waals surface area contributed by atoms with E-state index in [9.17, 15) is 34.8 Å². The van der Waals surface area contributed by atoms with E-state index in [1.807, 2.05) is 4.90 Å². The number of ketones is 2. The Bertz CT molecular complexity index is 1330. The lowest BCUT2D eigenvalue weighted by Gasteiger charge is -2.50. The highest BCUT2D eigenvalue weighted by Crippen LogP contribution is 2.53. The van der Waals surface area contributed by atoms with E-state index >= 15 is 4.39 Å². The second kappa shape index (κ2) is 11.3. The lowest BCUT2D eigenvalue weighted by molar-refractivity contribution is -0.153. The Kier molecular flexibility index (Phi) is 8.95. The van der Waals surface area contributed by atoms with E-state index < -0.39 is 69.6 Å². The Morgan fingerprint density at radius 3 is 2.40 bits per heavy atom. The Morgan fingerprint density at radius 1 is 1.20 bits per heavy atom. The van der Waals surface area contributed by atoms with Crippen LogP contribution in [0, 0.1) is 17.7 Å². The Balaban J connectivity index is 0.00000220. The van der Waals surface area contributed by atoms with Gasteiger partial charge in [0, 0.05) is 42.3 Å². The van der Waals surface area contributed by atoms with Gasteiger partial charge in [-0.15, -0.1) is 24.8 Å². The third-order valence-corrected chi connectivity index (χ3v) is 8.23. The molecule has 1 aromatic carbocycles. The smallest absolute Gasteiger partial charge is 0.255 e. The summed E-state index contributed by atoms with van der Waals surface area (Å²) in [7, 11) is 3.03. The number of likely N-dealkylation sites (N-methyl/N-ethyl adjacent to an activating group) is 1. The van der Waals surface area contributed by atoms with Crippen LogP contribution in [-0.2, 0) is 32.1 Å². The lowest BCUT2D eigenvalue weighted by atomic mass is 9.57. The number of nitrogens with two attached hydrogens (primary N) is 1. The standard InChI is InChI=1S/C26H30FN3O8.2ClH/c1-29(2)20-14-8-11-7-13-17(15(31)9-12(19(13)27)10-30-3-5-38-6-4-30)21(32)16(11)23(34)26(14,37)24(35)18(22(20)33)25(28)36;;/h9,11,14,20,31-32,35,37H,3-8,10H2,1-2H3,(H2,28,36);2*1H/t11-,14-,20-,26-;;/m0../s1. The zero-order valence-electron chi connectivity index (χ0n) is 21.8. The van der Waals surface area contributed by atoms with E-state index in [2.05, 4.69) is 0 Å². The van der Waals surface area contributed by atoms with Crippen molar-refractivity contribution in [1.29, 1.82) is 0 Å². The van der Waals surface area contributed by atoms with Gasteiger partial charge >= 0.3 is 0 Å². The van der Waals surface area contributed by atoms with Gasteiger partial charge in [-0.25, -0.2) is 4.39 Å². The van der Waals surface area contributed by atoms with Gasteiger partial charge in [0.15, 0.2) is 11.4 Å². The highest BCUT2D eigenvalue weighted by molar-refractivity contribution is 6.24. The minimum absolute atomic E-state index is 0. The van der Waals surface area contributed by atoms with Gasteiger partial charge in [0.1, 0.15) is 28.7 Å². The number of rotatable bonds is 4. The molecule has 3 aliphatic carbocycles. The molecule has 220 valence electrons. The number of primary amides is 1. The Morgan fingerprint density at radius 2 is 1.82 bits per heavy atom. The number of benzene rings is 1. The third kappa shape index (κ3) is 4.56. The fraction of sp³-hybridized carbons (Fsp3) is 0.500. The summed E-state index contributed by atoms with van der Waals surface area (Å²) in [5.74, 6) is -8.24. The number of hydrogen-bond donors (Lipinski definition) is 5. The quantitative estimate of drug-likeness (QED) is 0.309. The van der Waals surface area contributed by atoms with E-state index in [0.717, 1.165) is 0 Å². The molecule has 1 saturated heterocycles. The molecule has 14 heteroatoms. The number of carbonyl (C=O) groups excluding carboxylic acids is 3. The maximum Gasteiger partial charge on any atom is 0.255 e. The van der Waals surface area contributed by atoms with Crippen LogP contribution in [0.25, 0.3) is 5.76 Å². The van der Waals surface area contributed by atoms with Crippen LogP contribution in [0.15, 0.2) is 23.0 Å². The third-order valence-electron chi connectivity index (χ3n) is 8.23. The Hall–Kier alpha value is -2.74. The molecule has 40 heavy (non-hydrogen) atoms. The van der Waals surface area contributed by atoms with Gasteiger partial charge in [0.2, 0.25) is 5.78 Å². The SMILES string of the molecule is CN(C)[C@@H]1C(=O)C(C(N)=O)=C(O)[C@@]2(O)C(=O)C3=C(O)c4c(O)cc(CN5CCOCC5)c(F)c4C[C@H]3C[C@@H]12.Cl.Cl. The summed E-state index contributed by atoms with van der Waals surface area (Å²) in [6.07, 6.45) is -0.190. The van der Waals surface area contributed by atoms with Crippen LogP contribution in [0.5, 0.6) is 5.75 Å². The molecular formula is C26H32Cl2FN3O8. The number of phenolic OH excluding ortho intramolecular Hbond substituents is 1. The number of Topliss-reactive ketones (excluding diaryl/α,β-unsaturated/α-hetero) is 2. The average Bonchev–Trinajstić information content (AvgIpc) is 2.84. The first-order valence-corrected chi connectivity index (χ1v) is 12.4. The number of nitrogens with zero attached hydrogens (tertiary/aromatic N) is 2. The predicted octanol–water partition coefficient (Wildman–Crippen LogP) is 0.779. The minimum atomic E-state index is -2.73. The number of fused-ring (bicyclic) bond motifs is 3. The minimum Gasteiger partial charge on any atom is -0.508 e. The number of aliphatic hydroxyl groups excluding tert-OH is 2. The fourth-order valence-corrected chi connectivity index (χ4v) is 6.46. The van der Waals surface area contributed by atoms with Crippen molar-refractivity contribution < 1.29 is 43.9 Å². The summed E-state index contributed by atoms with van der Waals surface area (Å²) in [5, 5.41) is 44.4. The largest absolute Gasteiger partial charge is 0.508 e. The van der Waals surface area contributed by atoms with Crippen molar-refractivity contribution in [2.24, 2.45) is 17.6 Å². The molecule has 0 radical (unpaired) electrons. The van der Waals surface area contributed by atoms with E-state index in [1.54, 1.807) is 0 Å². The molecule has 1 aromatic rings. The van der Waals surface area contributed by atoms with Gasteiger partial charge in [-0.2, -0.15) is 0 Å². The van der Waals surface area contributed by atoms with Crippen LogP contribution in [-0.4, -0.2) is 99.7 Å². The first-order chi connectivity index (χ1) is 17.9. The van der Waals surface area contributed by atoms with E-state index in [1.165, 1.54) is 25.1 Å². The summed E-state index contributed by atoms with van der Waals surface area (Å²) >= 11 is 0. The van der Waals surface area contributed by atoms with Crippen molar-refractivity contribution in [3.63, 3.8) is 0 Å². The molecule has 4 aliphatic rings. The van der Waals surface area contributed by atoms with Crippen molar-refractivity contribution >= 4 is 48.0 Å². The van der Waals surface area contributed by atoms with Crippen molar-refractivity contribution in [3.05, 3.63) is 45.5 Å². The number of halogens is 3. The molecule has 0 bridgehead atoms. The van der Waals surface area contributed by atoms with E-state index in [4.69, 9.17) is 10.5 Å². The monoisotopic (exact) mass is 603 g/mol. The highest BCUT2D eigenvalue weighted by Gasteiger charge is 2.64. The van der Waals surface area contributed by atoms with E-state index in [0.29, 0.717) is 26.3 Å². The van der Waals surface area contributed by atoms with Crippen molar-refractivity contribution in [3.8, 4) is 5.75 Å². The zero-order valence-corrected chi connectivity index (χ0v) is 23.5. The van der Waals surface area contributed by atoms with Crippen LogP contribution >= 0.6 is 24.8 Å². The Labute approximate surface area is 241 Å². The number of carbonyl (C=O) groups is 3. The zero-order chi connectivity index (χ0) is 27.7. The molecule has 4 atom stereocenters. The van der Waals surface area contributed by atoms with Crippen LogP contribution in [0.4, 0.5) is 4.39 Å². The van der Waals surface area contributed by atoms with Crippen LogP contribution < -0.4 is 5.73 Å². The maximum atomic E-state index is 15.8. The first kappa shape index (κ1) is 31.8. The summed E-state index contributed by atoms with van der Waals surface area (Å²) in [6.45, 7) is 2.41. The summed E-state index contributed by atoms with van der Waals surface area (Å²) < 4.78 is 21.1. The van der Waals surface area contributed by atoms with Gasteiger partial charge in [-0.05, 0) is 38.9 Å². The second-order valence-electron chi connectivity index (χ2n) is 10.6. The number of ether oxygens (including phenoxy) is 1. The lowest BCUT2D eigenvalue weighted by Crippen LogP contribution is -2.65. The summed E-state index contributed by atoms with van der Waals surface area (Å²) in [5.41, 5.74) is 1.38. The molecule has 11 nitrogen and oxygen atoms in total. The number of aliphatic hydroxyl groups is 3. The normalized spacial score (nSPS) is 28.4. The topological polar surface area (TPSA) is 174 Å². The molecule has 1 saturated carbocycles. The number of morpholine rings is 1. The molecule has 0 aromatic heterocycles. The average molecular weight is 604 g/mol. The van der Waals surface area contributed by atoms with Gasteiger partial charge in [-0.1, -0.05) is 0 Å². The fourth-order valence-electron chi connectivity index (χ4n) is 6.46. The van der Waals surface area contributed by atoms with Gasteiger partial charge in [0.25, 0.3) is 5.91 Å². The predicted molar refractivity (Wildman–Crippen MR) is 145 cm³/mol. The molecule has 1 aliphatic heterocycles. The number of amides is 1.